The molecule has 6 heteroatoms. The first-order valence-corrected chi connectivity index (χ1v) is 13.2. The van der Waals surface area contributed by atoms with E-state index in [-0.39, 0.29) is 24.0 Å². The number of aromatic nitrogens is 1. The topological polar surface area (TPSA) is 82.3 Å². The molecule has 0 spiro atoms. The van der Waals surface area contributed by atoms with Crippen molar-refractivity contribution in [3.05, 3.63) is 120 Å². The molecule has 1 aliphatic rings. The number of phenolic OH excluding ortho intramolecular Hbond substituents is 1. The number of aromatic amines is 1. The molecule has 5 nitrogen and oxygen atoms in total. The third-order valence-corrected chi connectivity index (χ3v) is 7.66. The number of Topliss-reactive ketones (excluding diaryl/α,β-unsaturated/α-hetero) is 1. The molecule has 0 unspecified atom stereocenters. The third kappa shape index (κ3) is 5.16. The van der Waals surface area contributed by atoms with Gasteiger partial charge in [-0.1, -0.05) is 48.5 Å². The van der Waals surface area contributed by atoms with Gasteiger partial charge in [0.05, 0.1) is 0 Å². The van der Waals surface area contributed by atoms with Gasteiger partial charge in [-0.3, -0.25) is 4.79 Å². The zero-order valence-electron chi connectivity index (χ0n) is 21.5. The summed E-state index contributed by atoms with van der Waals surface area (Å²) in [5, 5.41) is 11.6. The molecule has 196 valence electrons. The lowest BCUT2D eigenvalue weighted by Crippen LogP contribution is -2.26. The third-order valence-electron chi connectivity index (χ3n) is 7.66. The van der Waals surface area contributed by atoms with E-state index < -0.39 is 11.7 Å². The van der Waals surface area contributed by atoms with Gasteiger partial charge in [-0.05, 0) is 71.5 Å². The first-order chi connectivity index (χ1) is 18.9. The lowest BCUT2D eigenvalue weighted by atomic mass is 9.87. The number of aromatic hydroxyl groups is 1. The van der Waals surface area contributed by atoms with E-state index in [1.54, 1.807) is 6.07 Å². The lowest BCUT2D eigenvalue weighted by Gasteiger charge is -2.18. The van der Waals surface area contributed by atoms with Crippen molar-refractivity contribution < 1.29 is 14.3 Å². The normalized spacial score (nSPS) is 16.1. The Hall–Kier alpha value is -4.42. The predicted octanol–water partition coefficient (Wildman–Crippen LogP) is 6.62. The maximum atomic E-state index is 14.3. The summed E-state index contributed by atoms with van der Waals surface area (Å²) in [5.74, 6) is -1.14. The number of carbonyl (C=O) groups is 1. The number of halogens is 1. The number of carbonyl (C=O) groups excluding carboxylic acids is 1. The molecular weight excluding hydrogens is 489 g/mol. The van der Waals surface area contributed by atoms with E-state index in [0.717, 1.165) is 52.9 Å². The number of anilines is 1. The maximum absolute atomic E-state index is 14.3. The van der Waals surface area contributed by atoms with Crippen LogP contribution < -0.4 is 10.6 Å². The van der Waals surface area contributed by atoms with Crippen LogP contribution in [0.15, 0.2) is 97.1 Å². The Labute approximate surface area is 226 Å². The van der Waals surface area contributed by atoms with Gasteiger partial charge in [-0.2, -0.15) is 0 Å². The molecule has 0 radical (unpaired) electrons. The van der Waals surface area contributed by atoms with E-state index in [0.29, 0.717) is 11.1 Å². The van der Waals surface area contributed by atoms with Gasteiger partial charge in [0, 0.05) is 59.5 Å². The van der Waals surface area contributed by atoms with Crippen LogP contribution in [0, 0.1) is 5.82 Å². The fourth-order valence-electron chi connectivity index (χ4n) is 5.54. The van der Waals surface area contributed by atoms with Gasteiger partial charge in [0.15, 0.2) is 5.78 Å². The van der Waals surface area contributed by atoms with Gasteiger partial charge in [0.1, 0.15) is 11.6 Å². The minimum Gasteiger partial charge on any atom is -0.508 e. The number of para-hydroxylation sites is 1. The van der Waals surface area contributed by atoms with Crippen LogP contribution in [0.5, 0.6) is 5.75 Å². The van der Waals surface area contributed by atoms with Crippen molar-refractivity contribution >= 4 is 22.4 Å². The molecular formula is C33H30FN3O2. The van der Waals surface area contributed by atoms with Gasteiger partial charge < -0.3 is 20.7 Å². The monoisotopic (exact) mass is 519 g/mol. The summed E-state index contributed by atoms with van der Waals surface area (Å²) in [4.78, 5) is 19.3. The summed E-state index contributed by atoms with van der Waals surface area (Å²) in [6.45, 7) is 1.82. The van der Waals surface area contributed by atoms with Crippen LogP contribution in [0.2, 0.25) is 0 Å². The highest BCUT2D eigenvalue weighted by Gasteiger charge is 2.25. The quantitative estimate of drug-likeness (QED) is 0.211. The number of ketones is 1. The second kappa shape index (κ2) is 10.4. The van der Waals surface area contributed by atoms with Gasteiger partial charge in [0.25, 0.3) is 0 Å². The molecule has 0 aliphatic carbocycles. The molecule has 0 bridgehead atoms. The minimum atomic E-state index is -0.546. The second-order valence-electron chi connectivity index (χ2n) is 10.3. The average molecular weight is 520 g/mol. The number of hydrogen-bond acceptors (Lipinski definition) is 4. The molecule has 4 aromatic carbocycles. The van der Waals surface area contributed by atoms with E-state index in [9.17, 15) is 14.3 Å². The van der Waals surface area contributed by atoms with Crippen LogP contribution in [0.4, 0.5) is 10.1 Å². The highest BCUT2D eigenvalue weighted by molar-refractivity contribution is 5.98. The first-order valence-electron chi connectivity index (χ1n) is 13.2. The van der Waals surface area contributed by atoms with Crippen molar-refractivity contribution in [3.8, 4) is 16.9 Å². The van der Waals surface area contributed by atoms with Crippen LogP contribution in [0.3, 0.4) is 0 Å². The van der Waals surface area contributed by atoms with Crippen LogP contribution in [-0.2, 0) is 0 Å². The molecule has 6 rings (SSSR count). The number of hydrogen-bond donors (Lipinski definition) is 3. The van der Waals surface area contributed by atoms with Crippen LogP contribution in [0.25, 0.3) is 22.0 Å². The van der Waals surface area contributed by atoms with Crippen molar-refractivity contribution in [2.75, 3.05) is 18.0 Å². The van der Waals surface area contributed by atoms with E-state index in [1.807, 2.05) is 48.5 Å². The Morgan fingerprint density at radius 1 is 0.974 bits per heavy atom. The van der Waals surface area contributed by atoms with E-state index in [2.05, 4.69) is 34.1 Å². The zero-order valence-corrected chi connectivity index (χ0v) is 21.5. The molecule has 4 N–H and O–H groups in total. The molecule has 1 saturated heterocycles. The Morgan fingerprint density at radius 2 is 1.79 bits per heavy atom. The summed E-state index contributed by atoms with van der Waals surface area (Å²) in [6, 6.07) is 29.8. The number of nitrogens with one attached hydrogen (secondary N) is 1. The number of nitrogens with zero attached hydrogens (tertiary/aromatic N) is 1. The number of rotatable bonds is 7. The Morgan fingerprint density at radius 3 is 2.56 bits per heavy atom. The SMILES string of the molecule is N[C@H]1CCN(c2ccc(-c3cccc(C(=O)C[C@@H](c4cc5ccccc5[nH]4)c4cc(F)ccc4O)c3)cc2)C1. The molecule has 2 heterocycles. The van der Waals surface area contributed by atoms with Crippen molar-refractivity contribution in [1.82, 2.24) is 4.98 Å². The van der Waals surface area contributed by atoms with E-state index >= 15 is 0 Å². The van der Waals surface area contributed by atoms with Gasteiger partial charge in [0.2, 0.25) is 0 Å². The molecule has 2 atom stereocenters. The molecule has 1 aliphatic heterocycles. The van der Waals surface area contributed by atoms with Crippen LogP contribution in [-0.4, -0.2) is 35.0 Å². The number of phenols is 1. The molecule has 5 aromatic rings. The average Bonchev–Trinajstić information content (AvgIpc) is 3.59. The molecule has 0 saturated carbocycles. The summed E-state index contributed by atoms with van der Waals surface area (Å²) >= 11 is 0. The van der Waals surface area contributed by atoms with Crippen LogP contribution in [0.1, 0.15) is 40.4 Å². The standard InChI is InChI=1S/C33H30FN3O2/c34-25-10-13-32(38)29(18-25)28(31-17-23-4-1-2-7-30(23)36-31)19-33(39)24-6-3-5-22(16-24)21-8-11-27(12-9-21)37-15-14-26(35)20-37/h1-13,16-18,26,28,36,38H,14-15,19-20,35H2/t26-,28+/m0/s1. The van der Waals surface area contributed by atoms with E-state index in [1.165, 1.54) is 18.2 Å². The van der Waals surface area contributed by atoms with Crippen molar-refractivity contribution in [2.24, 2.45) is 5.73 Å². The second-order valence-corrected chi connectivity index (χ2v) is 10.3. The fraction of sp³-hybridized carbons (Fsp3) is 0.182. The van der Waals surface area contributed by atoms with Gasteiger partial charge >= 0.3 is 0 Å². The Balaban J connectivity index is 1.29. The number of H-pyrrole nitrogens is 1. The zero-order chi connectivity index (χ0) is 26.9. The molecule has 39 heavy (non-hydrogen) atoms. The number of nitrogens with two attached hydrogens (primary N) is 1. The summed E-state index contributed by atoms with van der Waals surface area (Å²) < 4.78 is 14.3. The summed E-state index contributed by atoms with van der Waals surface area (Å²) in [7, 11) is 0. The van der Waals surface area contributed by atoms with Crippen molar-refractivity contribution in [2.45, 2.75) is 24.8 Å². The smallest absolute Gasteiger partial charge is 0.163 e. The summed E-state index contributed by atoms with van der Waals surface area (Å²) in [6.07, 6.45) is 1.07. The minimum absolute atomic E-state index is 0.0411. The van der Waals surface area contributed by atoms with Crippen molar-refractivity contribution in [1.29, 1.82) is 0 Å². The van der Waals surface area contributed by atoms with Crippen LogP contribution >= 0.6 is 0 Å². The van der Waals surface area contributed by atoms with E-state index in [4.69, 9.17) is 5.73 Å². The number of benzene rings is 4. The number of fused-ring (bicyclic) bond motifs is 1. The highest BCUT2D eigenvalue weighted by Crippen LogP contribution is 2.37. The van der Waals surface area contributed by atoms with Gasteiger partial charge in [-0.25, -0.2) is 4.39 Å². The Kier molecular flexibility index (Phi) is 6.63. The maximum Gasteiger partial charge on any atom is 0.163 e. The predicted molar refractivity (Wildman–Crippen MR) is 154 cm³/mol. The van der Waals surface area contributed by atoms with Gasteiger partial charge in [-0.15, -0.1) is 0 Å². The largest absolute Gasteiger partial charge is 0.508 e. The summed E-state index contributed by atoms with van der Waals surface area (Å²) in [5.41, 5.74) is 11.8. The lowest BCUT2D eigenvalue weighted by molar-refractivity contribution is 0.0977. The fourth-order valence-corrected chi connectivity index (χ4v) is 5.54. The highest BCUT2D eigenvalue weighted by atomic mass is 19.1. The molecule has 1 fully saturated rings. The Bertz CT molecular complexity index is 1610. The van der Waals surface area contributed by atoms with Crippen molar-refractivity contribution in [3.63, 3.8) is 0 Å². The first kappa shape index (κ1) is 24.9. The molecule has 0 amide bonds. The molecule has 1 aromatic heterocycles.